The first-order chi connectivity index (χ1) is 18.5. The average molecular weight is 552 g/mol. The quantitative estimate of drug-likeness (QED) is 0.273. The first-order valence-electron chi connectivity index (χ1n) is 12.7. The molecule has 4 rings (SSSR count). The number of hydrazone groups is 1. The van der Waals surface area contributed by atoms with Crippen LogP contribution in [0.15, 0.2) is 28.4 Å². The zero-order valence-electron chi connectivity index (χ0n) is 23.0. The summed E-state index contributed by atoms with van der Waals surface area (Å²) in [7, 11) is 0. The molecule has 1 aliphatic heterocycles. The second-order valence-electron chi connectivity index (χ2n) is 10.3. The second kappa shape index (κ2) is 11.4. The normalized spacial score (nSPS) is 16.3. The van der Waals surface area contributed by atoms with Crippen LogP contribution in [-0.4, -0.2) is 66.7 Å². The SMILES string of the molecule is CC(=NC1CCN(C(=O)OC(C)(C)C)CC1)/C(=N\N)c1cc(OC(C)c2nnc(C)s2)n2c(C#N)cnc2c1. The average Bonchev–Trinajstić information content (AvgIpc) is 3.50. The molecule has 1 fully saturated rings. The van der Waals surface area contributed by atoms with E-state index >= 15 is 0 Å². The number of likely N-dealkylation sites (tertiary alicyclic amines) is 1. The molecule has 3 aromatic heterocycles. The molecule has 0 aromatic carbocycles. The van der Waals surface area contributed by atoms with Gasteiger partial charge in [-0.25, -0.2) is 9.78 Å². The summed E-state index contributed by atoms with van der Waals surface area (Å²) >= 11 is 1.44. The van der Waals surface area contributed by atoms with Crippen molar-refractivity contribution in [3.05, 3.63) is 39.6 Å². The molecule has 39 heavy (non-hydrogen) atoms. The molecular weight excluding hydrogens is 518 g/mol. The Hall–Kier alpha value is -4.05. The molecule has 1 aliphatic rings. The molecule has 0 aliphatic carbocycles. The van der Waals surface area contributed by atoms with Crippen molar-refractivity contribution in [3.63, 3.8) is 0 Å². The largest absolute Gasteiger partial charge is 0.468 e. The van der Waals surface area contributed by atoms with Crippen molar-refractivity contribution in [2.75, 3.05) is 13.1 Å². The number of ether oxygens (including phenoxy) is 2. The summed E-state index contributed by atoms with van der Waals surface area (Å²) in [4.78, 5) is 23.4. The van der Waals surface area contributed by atoms with Gasteiger partial charge in [0, 0.05) is 24.7 Å². The van der Waals surface area contributed by atoms with Gasteiger partial charge in [-0.15, -0.1) is 10.2 Å². The molecule has 1 unspecified atom stereocenters. The summed E-state index contributed by atoms with van der Waals surface area (Å²) in [6.07, 6.45) is 2.18. The fraction of sp³-hybridized carbons (Fsp3) is 0.500. The lowest BCUT2D eigenvalue weighted by Crippen LogP contribution is -2.42. The number of carbonyl (C=O) groups excluding carboxylic acids is 1. The number of hydrogen-bond acceptors (Lipinski definition) is 11. The lowest BCUT2D eigenvalue weighted by atomic mass is 10.0. The molecule has 1 atom stereocenters. The molecule has 4 heterocycles. The van der Waals surface area contributed by atoms with Crippen molar-refractivity contribution in [1.82, 2.24) is 24.5 Å². The summed E-state index contributed by atoms with van der Waals surface area (Å²) < 4.78 is 13.4. The van der Waals surface area contributed by atoms with Crippen molar-refractivity contribution in [2.24, 2.45) is 15.9 Å². The van der Waals surface area contributed by atoms with Crippen LogP contribution in [0.25, 0.3) is 5.65 Å². The van der Waals surface area contributed by atoms with Crippen LogP contribution in [-0.2, 0) is 4.74 Å². The highest BCUT2D eigenvalue weighted by molar-refractivity contribution is 7.11. The maximum Gasteiger partial charge on any atom is 0.410 e. The van der Waals surface area contributed by atoms with E-state index in [2.05, 4.69) is 26.4 Å². The number of fused-ring (bicyclic) bond motifs is 1. The van der Waals surface area contributed by atoms with Crippen LogP contribution in [0.3, 0.4) is 0 Å². The zero-order valence-corrected chi connectivity index (χ0v) is 23.8. The van der Waals surface area contributed by atoms with Crippen molar-refractivity contribution in [3.8, 4) is 11.9 Å². The Morgan fingerprint density at radius 1 is 1.28 bits per heavy atom. The predicted octanol–water partition coefficient (Wildman–Crippen LogP) is 4.03. The van der Waals surface area contributed by atoms with Crippen LogP contribution < -0.4 is 10.6 Å². The van der Waals surface area contributed by atoms with Gasteiger partial charge in [-0.2, -0.15) is 10.4 Å². The standard InChI is InChI=1S/C26H33N9O3S/c1-15(30-19-7-9-34(10-8-19)25(36)38-26(4,5)6)23(31-28)18-11-21-29-14-20(13-27)35(21)22(12-18)37-16(2)24-33-32-17(3)39-24/h11-12,14,16,19H,7-10,28H2,1-6H3/b30-15?,31-23+. The fourth-order valence-corrected chi connectivity index (χ4v) is 4.98. The van der Waals surface area contributed by atoms with E-state index in [1.807, 2.05) is 41.5 Å². The number of nitrogens with two attached hydrogens (primary N) is 1. The molecule has 0 bridgehead atoms. The second-order valence-corrected chi connectivity index (χ2v) is 11.6. The Kier molecular flexibility index (Phi) is 8.15. The third-order valence-electron chi connectivity index (χ3n) is 6.11. The molecule has 1 amide bonds. The van der Waals surface area contributed by atoms with E-state index in [9.17, 15) is 10.1 Å². The number of aromatic nitrogens is 4. The number of rotatable bonds is 6. The molecule has 0 radical (unpaired) electrons. The Morgan fingerprint density at radius 2 is 2.00 bits per heavy atom. The lowest BCUT2D eigenvalue weighted by molar-refractivity contribution is 0.0207. The topological polar surface area (TPSA) is 156 Å². The highest BCUT2D eigenvalue weighted by atomic mass is 32.1. The van der Waals surface area contributed by atoms with Crippen LogP contribution in [0.5, 0.6) is 5.88 Å². The number of aryl methyl sites for hydroxylation is 1. The van der Waals surface area contributed by atoms with Gasteiger partial charge in [-0.05, 0) is 60.5 Å². The fourth-order valence-electron chi connectivity index (χ4n) is 4.30. The number of nitriles is 1. The van der Waals surface area contributed by atoms with Gasteiger partial charge in [0.05, 0.1) is 18.0 Å². The predicted molar refractivity (Wildman–Crippen MR) is 148 cm³/mol. The van der Waals surface area contributed by atoms with Gasteiger partial charge >= 0.3 is 6.09 Å². The molecule has 2 N–H and O–H groups in total. The molecule has 0 spiro atoms. The van der Waals surface area contributed by atoms with Crippen LogP contribution in [0.2, 0.25) is 0 Å². The minimum atomic E-state index is -0.532. The Morgan fingerprint density at radius 3 is 2.59 bits per heavy atom. The number of hydrogen-bond donors (Lipinski definition) is 1. The minimum Gasteiger partial charge on any atom is -0.468 e. The number of amides is 1. The first-order valence-corrected chi connectivity index (χ1v) is 13.5. The number of nitrogens with zero attached hydrogens (tertiary/aromatic N) is 8. The summed E-state index contributed by atoms with van der Waals surface area (Å²) in [5.74, 6) is 6.25. The van der Waals surface area contributed by atoms with Crippen molar-refractivity contribution in [1.29, 1.82) is 5.26 Å². The number of carbonyl (C=O) groups is 1. The number of imidazole rings is 1. The van der Waals surface area contributed by atoms with Crippen LogP contribution >= 0.6 is 11.3 Å². The maximum atomic E-state index is 12.4. The summed E-state index contributed by atoms with van der Waals surface area (Å²) in [6.45, 7) is 12.3. The van der Waals surface area contributed by atoms with Crippen LogP contribution in [0, 0.1) is 18.3 Å². The zero-order chi connectivity index (χ0) is 28.3. The summed E-state index contributed by atoms with van der Waals surface area (Å²) in [6, 6.07) is 5.73. The van der Waals surface area contributed by atoms with Crippen molar-refractivity contribution >= 4 is 34.5 Å². The molecule has 13 heteroatoms. The van der Waals surface area contributed by atoms with Gasteiger partial charge in [0.25, 0.3) is 0 Å². The highest BCUT2D eigenvalue weighted by Gasteiger charge is 2.27. The summed E-state index contributed by atoms with van der Waals surface area (Å²) in [5, 5.41) is 23.5. The lowest BCUT2D eigenvalue weighted by Gasteiger charge is -2.32. The molecular formula is C26H33N9O3S. The van der Waals surface area contributed by atoms with E-state index < -0.39 is 11.7 Å². The van der Waals surface area contributed by atoms with E-state index in [0.717, 1.165) is 5.01 Å². The van der Waals surface area contributed by atoms with Crippen LogP contribution in [0.1, 0.15) is 74.8 Å². The van der Waals surface area contributed by atoms with E-state index in [0.29, 0.717) is 65.1 Å². The number of aliphatic imine (C=N–C) groups is 1. The smallest absolute Gasteiger partial charge is 0.410 e. The Labute approximate surface area is 231 Å². The number of piperidine rings is 1. The van der Waals surface area contributed by atoms with Crippen LogP contribution in [0.4, 0.5) is 4.79 Å². The molecule has 0 saturated carbocycles. The molecule has 12 nitrogen and oxygen atoms in total. The third kappa shape index (κ3) is 6.51. The Balaban J connectivity index is 1.57. The van der Waals surface area contributed by atoms with E-state index in [4.69, 9.17) is 20.3 Å². The molecule has 206 valence electrons. The van der Waals surface area contributed by atoms with Gasteiger partial charge in [0.1, 0.15) is 33.7 Å². The monoisotopic (exact) mass is 551 g/mol. The maximum absolute atomic E-state index is 12.4. The van der Waals surface area contributed by atoms with Gasteiger partial charge < -0.3 is 20.2 Å². The first kappa shape index (κ1) is 28.0. The Bertz CT molecular complexity index is 1450. The van der Waals surface area contributed by atoms with Crippen molar-refractivity contribution < 1.29 is 14.3 Å². The molecule has 1 saturated heterocycles. The van der Waals surface area contributed by atoms with Gasteiger partial charge in [-0.3, -0.25) is 9.39 Å². The summed E-state index contributed by atoms with van der Waals surface area (Å²) in [5.41, 5.74) is 2.11. The van der Waals surface area contributed by atoms with Gasteiger partial charge in [-0.1, -0.05) is 11.3 Å². The van der Waals surface area contributed by atoms with Gasteiger partial charge in [0.15, 0.2) is 11.1 Å². The van der Waals surface area contributed by atoms with Crippen molar-refractivity contribution in [2.45, 2.75) is 72.1 Å². The van der Waals surface area contributed by atoms with E-state index in [1.54, 1.807) is 21.4 Å². The van der Waals surface area contributed by atoms with Gasteiger partial charge in [0.2, 0.25) is 5.88 Å². The molecule has 3 aromatic rings. The van der Waals surface area contributed by atoms with E-state index in [-0.39, 0.29) is 12.1 Å². The number of pyridine rings is 1. The van der Waals surface area contributed by atoms with E-state index in [1.165, 1.54) is 17.5 Å². The minimum absolute atomic E-state index is 0.0113. The highest BCUT2D eigenvalue weighted by Crippen LogP contribution is 2.28. The third-order valence-corrected chi connectivity index (χ3v) is 7.11.